The molecular formula is C20H25NO6S. The van der Waals surface area contributed by atoms with Gasteiger partial charge in [-0.15, -0.1) is 0 Å². The number of ether oxygens (including phenoxy) is 1. The Labute approximate surface area is 164 Å². The number of aryl methyl sites for hydroxylation is 3. The van der Waals surface area contributed by atoms with Crippen molar-refractivity contribution in [3.8, 4) is 0 Å². The van der Waals surface area contributed by atoms with Crippen molar-refractivity contribution in [1.82, 2.24) is 4.57 Å². The second-order valence-corrected chi connectivity index (χ2v) is 9.65. The molecule has 3 rings (SSSR count). The lowest BCUT2D eigenvalue weighted by molar-refractivity contribution is 0.0472. The number of nitrogens with zero attached hydrogens (tertiary/aromatic N) is 1. The van der Waals surface area contributed by atoms with Crippen molar-refractivity contribution in [2.24, 2.45) is 0 Å². The van der Waals surface area contributed by atoms with Crippen LogP contribution < -0.4 is 0 Å². The highest BCUT2D eigenvalue weighted by Gasteiger charge is 2.32. The minimum absolute atomic E-state index is 0.0877. The van der Waals surface area contributed by atoms with Gasteiger partial charge in [-0.25, -0.2) is 13.2 Å². The summed E-state index contributed by atoms with van der Waals surface area (Å²) in [5.74, 6) is 0.460. The Bertz CT molecular complexity index is 1060. The van der Waals surface area contributed by atoms with Crippen LogP contribution in [0.1, 0.15) is 61.7 Å². The number of hydrogen-bond acceptors (Lipinski definition) is 6. The molecule has 0 amide bonds. The Morgan fingerprint density at radius 3 is 2.39 bits per heavy atom. The van der Waals surface area contributed by atoms with Crippen molar-refractivity contribution >= 4 is 21.6 Å². The molecule has 0 aliphatic carbocycles. The summed E-state index contributed by atoms with van der Waals surface area (Å²) in [6.07, 6.45) is 0.541. The molecule has 0 unspecified atom stereocenters. The van der Waals surface area contributed by atoms with Crippen LogP contribution in [-0.2, 0) is 14.6 Å². The minimum atomic E-state index is -3.03. The second kappa shape index (κ2) is 7.24. The number of rotatable bonds is 5. The van der Waals surface area contributed by atoms with E-state index < -0.39 is 15.8 Å². The number of carbonyl (C=O) groups is 2. The zero-order valence-electron chi connectivity index (χ0n) is 16.8. The average molecular weight is 407 g/mol. The molecule has 1 atom stereocenters. The number of ketones is 1. The van der Waals surface area contributed by atoms with E-state index >= 15 is 0 Å². The highest BCUT2D eigenvalue weighted by molar-refractivity contribution is 7.91. The van der Waals surface area contributed by atoms with Crippen LogP contribution >= 0.6 is 0 Å². The first-order valence-electron chi connectivity index (χ1n) is 9.17. The summed E-state index contributed by atoms with van der Waals surface area (Å²) in [6.45, 7) is 8.48. The third-order valence-corrected chi connectivity index (χ3v) is 7.21. The van der Waals surface area contributed by atoms with Crippen molar-refractivity contribution in [2.45, 2.75) is 47.1 Å². The predicted octanol–water partition coefficient (Wildman–Crippen LogP) is 3.02. The molecular weight excluding hydrogens is 382 g/mol. The van der Waals surface area contributed by atoms with Crippen molar-refractivity contribution in [3.05, 3.63) is 45.7 Å². The molecule has 0 spiro atoms. The number of hydrogen-bond donors (Lipinski definition) is 0. The van der Waals surface area contributed by atoms with Crippen molar-refractivity contribution < 1.29 is 27.2 Å². The van der Waals surface area contributed by atoms with Crippen LogP contribution in [0, 0.1) is 34.6 Å². The molecule has 1 fully saturated rings. The molecule has 0 aromatic carbocycles. The number of furan rings is 1. The molecule has 0 saturated carbocycles. The first kappa shape index (κ1) is 20.4. The van der Waals surface area contributed by atoms with Gasteiger partial charge in [-0.2, -0.15) is 0 Å². The van der Waals surface area contributed by atoms with E-state index in [4.69, 9.17) is 9.15 Å². The summed E-state index contributed by atoms with van der Waals surface area (Å²) in [5, 5.41) is 0. The van der Waals surface area contributed by atoms with Crippen molar-refractivity contribution in [3.63, 3.8) is 0 Å². The third kappa shape index (κ3) is 3.65. The molecule has 0 bridgehead atoms. The van der Waals surface area contributed by atoms with Crippen LogP contribution in [-0.4, -0.2) is 42.9 Å². The SMILES string of the molecule is Cc1oc(C)c(C(=O)OCC(=O)c2cc(C)n([C@@H]3CCS(=O)(=O)C3)c2C)c1C. The molecule has 2 aromatic heterocycles. The van der Waals surface area contributed by atoms with E-state index in [1.165, 1.54) is 0 Å². The summed E-state index contributed by atoms with van der Waals surface area (Å²) < 4.78 is 36.2. The zero-order chi connectivity index (χ0) is 20.8. The largest absolute Gasteiger partial charge is 0.465 e. The van der Waals surface area contributed by atoms with Gasteiger partial charge in [0, 0.05) is 28.6 Å². The lowest BCUT2D eigenvalue weighted by Gasteiger charge is -2.16. The van der Waals surface area contributed by atoms with E-state index in [1.54, 1.807) is 33.8 Å². The molecule has 28 heavy (non-hydrogen) atoms. The average Bonchev–Trinajstić information content (AvgIpc) is 3.19. The molecule has 2 aromatic rings. The molecule has 0 radical (unpaired) electrons. The first-order valence-corrected chi connectivity index (χ1v) is 11.0. The van der Waals surface area contributed by atoms with Crippen LogP contribution in [0.2, 0.25) is 0 Å². The third-order valence-electron chi connectivity index (χ3n) is 5.46. The van der Waals surface area contributed by atoms with E-state index in [0.29, 0.717) is 40.3 Å². The van der Waals surface area contributed by atoms with E-state index in [-0.39, 0.29) is 29.9 Å². The van der Waals surface area contributed by atoms with Gasteiger partial charge in [0.1, 0.15) is 17.1 Å². The van der Waals surface area contributed by atoms with Crippen LogP contribution in [0.5, 0.6) is 0 Å². The minimum Gasteiger partial charge on any atom is -0.465 e. The predicted molar refractivity (Wildman–Crippen MR) is 104 cm³/mol. The van der Waals surface area contributed by atoms with E-state index in [9.17, 15) is 18.0 Å². The quantitative estimate of drug-likeness (QED) is 0.558. The Kier molecular flexibility index (Phi) is 5.27. The normalized spacial score (nSPS) is 18.4. The maximum Gasteiger partial charge on any atom is 0.342 e. The molecule has 3 heterocycles. The van der Waals surface area contributed by atoms with Gasteiger partial charge >= 0.3 is 5.97 Å². The highest BCUT2D eigenvalue weighted by Crippen LogP contribution is 2.29. The fourth-order valence-electron chi connectivity index (χ4n) is 3.98. The summed E-state index contributed by atoms with van der Waals surface area (Å²) in [5.41, 5.74) is 3.03. The topological polar surface area (TPSA) is 95.6 Å². The Balaban J connectivity index is 1.75. The number of Topliss-reactive ketones (excluding diaryl/α,β-unsaturated/α-hetero) is 1. The maximum absolute atomic E-state index is 12.7. The lowest BCUT2D eigenvalue weighted by atomic mass is 10.1. The van der Waals surface area contributed by atoms with Gasteiger partial charge in [0.15, 0.2) is 16.4 Å². The smallest absolute Gasteiger partial charge is 0.342 e. The Hall–Kier alpha value is -2.35. The van der Waals surface area contributed by atoms with E-state index in [0.717, 1.165) is 5.69 Å². The Morgan fingerprint density at radius 2 is 1.86 bits per heavy atom. The molecule has 0 N–H and O–H groups in total. The van der Waals surface area contributed by atoms with Gasteiger partial charge in [-0.1, -0.05) is 0 Å². The molecule has 152 valence electrons. The van der Waals surface area contributed by atoms with Gasteiger partial charge in [0.2, 0.25) is 5.78 Å². The fourth-order valence-corrected chi connectivity index (χ4v) is 5.68. The van der Waals surface area contributed by atoms with E-state index in [1.807, 2.05) is 11.5 Å². The molecule has 1 aliphatic heterocycles. The van der Waals surface area contributed by atoms with Gasteiger partial charge in [-0.3, -0.25) is 4.79 Å². The number of aromatic nitrogens is 1. The summed E-state index contributed by atoms with van der Waals surface area (Å²) in [4.78, 5) is 25.0. The molecule has 8 heteroatoms. The molecule has 7 nitrogen and oxygen atoms in total. The standard InChI is InChI=1S/C20H25NO6S/c1-11-8-17(13(3)21(11)16-6-7-28(24,25)10-16)18(22)9-26-20(23)19-12(2)14(4)27-15(19)5/h8,16H,6-7,9-10H2,1-5H3/t16-/m1/s1. The maximum atomic E-state index is 12.7. The second-order valence-electron chi connectivity index (χ2n) is 7.43. The number of sulfone groups is 1. The fraction of sp³-hybridized carbons (Fsp3) is 0.500. The number of esters is 1. The first-order chi connectivity index (χ1) is 13.0. The van der Waals surface area contributed by atoms with Crippen molar-refractivity contribution in [1.29, 1.82) is 0 Å². The summed E-state index contributed by atoms with van der Waals surface area (Å²) >= 11 is 0. The van der Waals surface area contributed by atoms with Crippen LogP contribution in [0.3, 0.4) is 0 Å². The van der Waals surface area contributed by atoms with Crippen molar-refractivity contribution in [2.75, 3.05) is 18.1 Å². The van der Waals surface area contributed by atoms with Crippen LogP contribution in [0.4, 0.5) is 0 Å². The summed E-state index contributed by atoms with van der Waals surface area (Å²) in [7, 11) is -3.03. The van der Waals surface area contributed by atoms with Gasteiger partial charge in [0.25, 0.3) is 0 Å². The van der Waals surface area contributed by atoms with Gasteiger partial charge in [-0.05, 0) is 47.1 Å². The number of carbonyl (C=O) groups excluding carboxylic acids is 2. The van der Waals surface area contributed by atoms with E-state index in [2.05, 4.69) is 0 Å². The van der Waals surface area contributed by atoms with Gasteiger partial charge in [0.05, 0.1) is 11.5 Å². The zero-order valence-corrected chi connectivity index (χ0v) is 17.6. The van der Waals surface area contributed by atoms with Gasteiger partial charge < -0.3 is 13.7 Å². The highest BCUT2D eigenvalue weighted by atomic mass is 32.2. The van der Waals surface area contributed by atoms with Crippen LogP contribution in [0.25, 0.3) is 0 Å². The lowest BCUT2D eigenvalue weighted by Crippen LogP contribution is -2.17. The monoisotopic (exact) mass is 407 g/mol. The molecule has 1 aliphatic rings. The van der Waals surface area contributed by atoms with Crippen LogP contribution in [0.15, 0.2) is 10.5 Å². The molecule has 1 saturated heterocycles. The summed E-state index contributed by atoms with van der Waals surface area (Å²) in [6, 6.07) is 1.57. The Morgan fingerprint density at radius 1 is 1.18 bits per heavy atom.